The summed E-state index contributed by atoms with van der Waals surface area (Å²) in [6.07, 6.45) is 0. The summed E-state index contributed by atoms with van der Waals surface area (Å²) in [6, 6.07) is 0. The van der Waals surface area contributed by atoms with Crippen LogP contribution in [-0.2, 0) is 4.74 Å². The molecule has 3 heteroatoms. The largest absolute Gasteiger partial charge is 0.393 e. The molecule has 1 saturated heterocycles. The normalized spacial score (nSPS) is 38.6. The van der Waals surface area contributed by atoms with Crippen LogP contribution in [0.15, 0.2) is 0 Å². The third-order valence-electron chi connectivity index (χ3n) is 1.08. The Morgan fingerprint density at radius 3 is 2.43 bits per heavy atom. The van der Waals surface area contributed by atoms with E-state index in [2.05, 4.69) is 0 Å². The van der Waals surface area contributed by atoms with Crippen molar-refractivity contribution in [2.45, 2.75) is 5.60 Å². The van der Waals surface area contributed by atoms with Crippen molar-refractivity contribution >= 4 is 11.6 Å². The second kappa shape index (κ2) is 1.62. The SMILES string of the molecule is OCC1(CCl)CO1. The first-order chi connectivity index (χ1) is 3.33. The zero-order valence-electron chi connectivity index (χ0n) is 3.85. The minimum absolute atomic E-state index is 0.0521. The lowest BCUT2D eigenvalue weighted by molar-refractivity contribution is 0.187. The summed E-state index contributed by atoms with van der Waals surface area (Å²) in [5, 5.41) is 8.45. The molecule has 7 heavy (non-hydrogen) atoms. The highest BCUT2D eigenvalue weighted by Crippen LogP contribution is 2.26. The van der Waals surface area contributed by atoms with Crippen molar-refractivity contribution in [1.29, 1.82) is 0 Å². The summed E-state index contributed by atoms with van der Waals surface area (Å²) >= 11 is 5.37. The smallest absolute Gasteiger partial charge is 0.128 e. The van der Waals surface area contributed by atoms with Gasteiger partial charge >= 0.3 is 0 Å². The molecular weight excluding hydrogens is 115 g/mol. The molecule has 0 aliphatic carbocycles. The number of epoxide rings is 1. The van der Waals surface area contributed by atoms with Crippen LogP contribution in [0.5, 0.6) is 0 Å². The highest BCUT2D eigenvalue weighted by Gasteiger charge is 2.43. The predicted octanol–water partition coefficient (Wildman–Crippen LogP) is -0.0135. The molecule has 1 atom stereocenters. The molecule has 1 aliphatic heterocycles. The van der Waals surface area contributed by atoms with E-state index in [1.165, 1.54) is 0 Å². The van der Waals surface area contributed by atoms with Crippen LogP contribution in [0.1, 0.15) is 0 Å². The van der Waals surface area contributed by atoms with E-state index in [1.807, 2.05) is 0 Å². The Bertz CT molecular complexity index is 64.1. The van der Waals surface area contributed by atoms with Crippen LogP contribution in [0, 0.1) is 0 Å². The van der Waals surface area contributed by atoms with E-state index in [0.717, 1.165) is 0 Å². The van der Waals surface area contributed by atoms with Crippen molar-refractivity contribution in [3.8, 4) is 0 Å². The van der Waals surface area contributed by atoms with Crippen molar-refractivity contribution in [2.75, 3.05) is 19.1 Å². The number of ether oxygens (including phenoxy) is 1. The Morgan fingerprint density at radius 2 is 2.43 bits per heavy atom. The van der Waals surface area contributed by atoms with E-state index < -0.39 is 0 Å². The third-order valence-corrected chi connectivity index (χ3v) is 1.57. The van der Waals surface area contributed by atoms with Crippen LogP contribution in [0.4, 0.5) is 0 Å². The average molecular weight is 123 g/mol. The Hall–Kier alpha value is 0.210. The lowest BCUT2D eigenvalue weighted by atomic mass is 10.2. The summed E-state index contributed by atoms with van der Waals surface area (Å²) in [6.45, 7) is 0.670. The quantitative estimate of drug-likeness (QED) is 0.413. The molecule has 1 unspecified atom stereocenters. The number of aliphatic hydroxyl groups is 1. The van der Waals surface area contributed by atoms with Gasteiger partial charge in [0.05, 0.1) is 19.1 Å². The molecular formula is C4H7ClO2. The van der Waals surface area contributed by atoms with Gasteiger partial charge in [0.25, 0.3) is 0 Å². The fraction of sp³-hybridized carbons (Fsp3) is 1.00. The minimum Gasteiger partial charge on any atom is -0.393 e. The van der Waals surface area contributed by atoms with Crippen LogP contribution < -0.4 is 0 Å². The molecule has 0 amide bonds. The predicted molar refractivity (Wildman–Crippen MR) is 26.5 cm³/mol. The number of aliphatic hydroxyl groups excluding tert-OH is 1. The van der Waals surface area contributed by atoms with Crippen LogP contribution in [0.3, 0.4) is 0 Å². The van der Waals surface area contributed by atoms with Crippen LogP contribution in [0.25, 0.3) is 0 Å². The first kappa shape index (κ1) is 5.35. The topological polar surface area (TPSA) is 32.8 Å². The van der Waals surface area contributed by atoms with Crippen molar-refractivity contribution in [3.05, 3.63) is 0 Å². The van der Waals surface area contributed by atoms with Crippen molar-refractivity contribution < 1.29 is 9.84 Å². The molecule has 1 N–H and O–H groups in total. The lowest BCUT2D eigenvalue weighted by Gasteiger charge is -1.97. The Labute approximate surface area is 47.0 Å². The monoisotopic (exact) mass is 122 g/mol. The summed E-state index contributed by atoms with van der Waals surface area (Å²) in [7, 11) is 0. The average Bonchev–Trinajstić information content (AvgIpc) is 2.46. The molecule has 0 spiro atoms. The molecule has 0 saturated carbocycles. The Morgan fingerprint density at radius 1 is 1.86 bits per heavy atom. The highest BCUT2D eigenvalue weighted by molar-refractivity contribution is 6.18. The Balaban J connectivity index is 2.28. The van der Waals surface area contributed by atoms with Crippen LogP contribution in [-0.4, -0.2) is 29.8 Å². The van der Waals surface area contributed by atoms with Crippen LogP contribution in [0.2, 0.25) is 0 Å². The summed E-state index contributed by atoms with van der Waals surface area (Å²) < 4.78 is 4.81. The maximum atomic E-state index is 8.45. The molecule has 2 nitrogen and oxygen atoms in total. The van der Waals surface area contributed by atoms with Gasteiger partial charge in [-0.2, -0.15) is 0 Å². The van der Waals surface area contributed by atoms with Gasteiger partial charge in [-0.05, 0) is 0 Å². The van der Waals surface area contributed by atoms with E-state index >= 15 is 0 Å². The first-order valence-electron chi connectivity index (χ1n) is 2.14. The van der Waals surface area contributed by atoms with Gasteiger partial charge in [-0.15, -0.1) is 11.6 Å². The van der Waals surface area contributed by atoms with Crippen molar-refractivity contribution in [1.82, 2.24) is 0 Å². The molecule has 1 heterocycles. The van der Waals surface area contributed by atoms with E-state index in [9.17, 15) is 0 Å². The second-order valence-electron chi connectivity index (χ2n) is 1.76. The molecule has 0 bridgehead atoms. The second-order valence-corrected chi connectivity index (χ2v) is 2.03. The van der Waals surface area contributed by atoms with Crippen molar-refractivity contribution in [2.24, 2.45) is 0 Å². The fourth-order valence-corrected chi connectivity index (χ4v) is 0.552. The number of hydrogen-bond donors (Lipinski definition) is 1. The van der Waals surface area contributed by atoms with Crippen LogP contribution >= 0.6 is 11.6 Å². The van der Waals surface area contributed by atoms with Gasteiger partial charge in [-0.25, -0.2) is 0 Å². The maximum Gasteiger partial charge on any atom is 0.128 e. The third kappa shape index (κ3) is 0.876. The first-order valence-corrected chi connectivity index (χ1v) is 2.67. The highest BCUT2D eigenvalue weighted by atomic mass is 35.5. The van der Waals surface area contributed by atoms with Gasteiger partial charge in [-0.1, -0.05) is 0 Å². The number of halogens is 1. The van der Waals surface area contributed by atoms with Gasteiger partial charge in [0, 0.05) is 0 Å². The van der Waals surface area contributed by atoms with Gasteiger partial charge in [-0.3, -0.25) is 0 Å². The Kier molecular flexibility index (Phi) is 1.24. The van der Waals surface area contributed by atoms with E-state index in [1.54, 1.807) is 0 Å². The zero-order valence-corrected chi connectivity index (χ0v) is 4.61. The fourth-order valence-electron chi connectivity index (χ4n) is 0.313. The summed E-state index contributed by atoms with van der Waals surface area (Å²) in [5.74, 6) is 0.406. The molecule has 42 valence electrons. The van der Waals surface area contributed by atoms with Gasteiger partial charge in [0.2, 0.25) is 0 Å². The summed E-state index contributed by atoms with van der Waals surface area (Å²) in [5.41, 5.74) is -0.346. The van der Waals surface area contributed by atoms with E-state index in [4.69, 9.17) is 21.4 Å². The zero-order chi connectivity index (χ0) is 5.33. The summed E-state index contributed by atoms with van der Waals surface area (Å²) in [4.78, 5) is 0. The molecule has 1 aliphatic rings. The van der Waals surface area contributed by atoms with Gasteiger partial charge in [0.15, 0.2) is 0 Å². The lowest BCUT2D eigenvalue weighted by Crippen LogP contribution is -2.17. The standard InChI is InChI=1S/C4H7ClO2/c5-1-4(2-6)3-7-4/h6H,1-3H2. The molecule has 1 fully saturated rings. The minimum atomic E-state index is -0.346. The maximum absolute atomic E-state index is 8.45. The molecule has 0 radical (unpaired) electrons. The molecule has 1 rings (SSSR count). The number of rotatable bonds is 2. The number of hydrogen-bond acceptors (Lipinski definition) is 2. The number of alkyl halides is 1. The molecule has 0 aromatic carbocycles. The van der Waals surface area contributed by atoms with E-state index in [0.29, 0.717) is 12.5 Å². The van der Waals surface area contributed by atoms with Crippen molar-refractivity contribution in [3.63, 3.8) is 0 Å². The molecule has 0 aromatic heterocycles. The van der Waals surface area contributed by atoms with Gasteiger partial charge in [0.1, 0.15) is 5.60 Å². The van der Waals surface area contributed by atoms with E-state index in [-0.39, 0.29) is 12.2 Å². The molecule has 0 aromatic rings. The van der Waals surface area contributed by atoms with Gasteiger partial charge < -0.3 is 9.84 Å².